The number of hydrogen-bond acceptors (Lipinski definition) is 4. The molecule has 3 rings (SSSR count). The lowest BCUT2D eigenvalue weighted by Crippen LogP contribution is -2.19. The molecule has 0 spiro atoms. The minimum atomic E-state index is -0.274. The van der Waals surface area contributed by atoms with Gasteiger partial charge in [-0.2, -0.15) is 5.10 Å². The van der Waals surface area contributed by atoms with E-state index >= 15 is 0 Å². The Hall–Kier alpha value is -2.23. The van der Waals surface area contributed by atoms with Crippen molar-refractivity contribution in [3.05, 3.63) is 75.1 Å². The molecule has 0 unspecified atom stereocenters. The van der Waals surface area contributed by atoms with Crippen LogP contribution in [0.4, 0.5) is 5.69 Å². The van der Waals surface area contributed by atoms with Crippen molar-refractivity contribution in [2.75, 3.05) is 18.5 Å². The summed E-state index contributed by atoms with van der Waals surface area (Å²) in [5.74, 6) is -0.274. The van der Waals surface area contributed by atoms with Crippen molar-refractivity contribution in [1.29, 1.82) is 0 Å². The molecule has 0 saturated carbocycles. The Morgan fingerprint density at radius 1 is 1.18 bits per heavy atom. The molecule has 1 heterocycles. The second-order valence-corrected chi connectivity index (χ2v) is 7.34. The fraction of sp³-hybridized carbons (Fsp3) is 0.238. The highest BCUT2D eigenvalue weighted by atomic mass is 127. The van der Waals surface area contributed by atoms with Gasteiger partial charge in [0.1, 0.15) is 5.69 Å². The monoisotopic (exact) mass is 491 g/mol. The Morgan fingerprint density at radius 2 is 1.89 bits per heavy atom. The second kappa shape index (κ2) is 9.81. The van der Waals surface area contributed by atoms with E-state index < -0.39 is 0 Å². The number of nitrogens with one attached hydrogen (secondary N) is 1. The van der Waals surface area contributed by atoms with Gasteiger partial charge in [0.2, 0.25) is 0 Å². The van der Waals surface area contributed by atoms with Gasteiger partial charge in [0.05, 0.1) is 18.0 Å². The van der Waals surface area contributed by atoms with Crippen molar-refractivity contribution in [3.8, 4) is 5.69 Å². The SMILES string of the molecule is CCOCc1nn(-c2ccccc2)c(C(=O)Nc2ccc(I)cc2)c1CCO. The number of ether oxygens (including phenoxy) is 1. The zero-order valence-corrected chi connectivity index (χ0v) is 17.7. The van der Waals surface area contributed by atoms with Gasteiger partial charge < -0.3 is 15.2 Å². The van der Waals surface area contributed by atoms with Gasteiger partial charge in [0.25, 0.3) is 5.91 Å². The minimum Gasteiger partial charge on any atom is -0.396 e. The first-order valence-corrected chi connectivity index (χ1v) is 10.1. The molecule has 2 N–H and O–H groups in total. The first-order chi connectivity index (χ1) is 13.6. The lowest BCUT2D eigenvalue weighted by atomic mass is 10.1. The number of carbonyl (C=O) groups is 1. The van der Waals surface area contributed by atoms with Crippen LogP contribution in [0.3, 0.4) is 0 Å². The van der Waals surface area contributed by atoms with Crippen LogP contribution in [-0.4, -0.2) is 34.0 Å². The third kappa shape index (κ3) is 4.78. The summed E-state index contributed by atoms with van der Waals surface area (Å²) in [4.78, 5) is 13.2. The highest BCUT2D eigenvalue weighted by Crippen LogP contribution is 2.22. The lowest BCUT2D eigenvalue weighted by molar-refractivity contribution is 0.101. The molecule has 0 aliphatic heterocycles. The minimum absolute atomic E-state index is 0.0799. The maximum Gasteiger partial charge on any atom is 0.274 e. The summed E-state index contributed by atoms with van der Waals surface area (Å²) in [6.07, 6.45) is 0.324. The van der Waals surface area contributed by atoms with Crippen LogP contribution in [0.25, 0.3) is 5.69 Å². The van der Waals surface area contributed by atoms with Crippen molar-refractivity contribution in [1.82, 2.24) is 9.78 Å². The summed E-state index contributed by atoms with van der Waals surface area (Å²) in [5, 5.41) is 17.1. The number of hydrogen-bond donors (Lipinski definition) is 2. The molecule has 0 radical (unpaired) electrons. The Balaban J connectivity index is 2.05. The van der Waals surface area contributed by atoms with E-state index in [9.17, 15) is 9.90 Å². The Morgan fingerprint density at radius 3 is 2.54 bits per heavy atom. The number of rotatable bonds is 8. The third-order valence-electron chi connectivity index (χ3n) is 4.19. The van der Waals surface area contributed by atoms with E-state index in [4.69, 9.17) is 4.74 Å². The summed E-state index contributed by atoms with van der Waals surface area (Å²) in [6.45, 7) is 2.66. The number of aliphatic hydroxyl groups excluding tert-OH is 1. The largest absolute Gasteiger partial charge is 0.396 e. The number of amides is 1. The fourth-order valence-electron chi connectivity index (χ4n) is 2.90. The normalized spacial score (nSPS) is 10.8. The highest BCUT2D eigenvalue weighted by Gasteiger charge is 2.24. The van der Waals surface area contributed by atoms with E-state index in [0.717, 1.165) is 9.26 Å². The van der Waals surface area contributed by atoms with E-state index in [1.807, 2.05) is 61.5 Å². The Kier molecular flexibility index (Phi) is 7.18. The number of benzene rings is 2. The summed E-state index contributed by atoms with van der Waals surface area (Å²) < 4.78 is 8.25. The molecule has 7 heteroatoms. The number of aromatic nitrogens is 2. The number of carbonyl (C=O) groups excluding carboxylic acids is 1. The smallest absolute Gasteiger partial charge is 0.274 e. The van der Waals surface area contributed by atoms with Crippen LogP contribution in [0.2, 0.25) is 0 Å². The number of aliphatic hydroxyl groups is 1. The quantitative estimate of drug-likeness (QED) is 0.471. The lowest BCUT2D eigenvalue weighted by Gasteiger charge is -2.10. The summed E-state index contributed by atoms with van der Waals surface area (Å²) in [6, 6.07) is 17.1. The van der Waals surface area contributed by atoms with Crippen molar-refractivity contribution < 1.29 is 14.6 Å². The van der Waals surface area contributed by atoms with Gasteiger partial charge in [-0.3, -0.25) is 4.79 Å². The van der Waals surface area contributed by atoms with E-state index in [2.05, 4.69) is 33.0 Å². The van der Waals surface area contributed by atoms with Crippen molar-refractivity contribution >= 4 is 34.2 Å². The van der Waals surface area contributed by atoms with E-state index in [0.29, 0.717) is 35.7 Å². The molecule has 6 nitrogen and oxygen atoms in total. The van der Waals surface area contributed by atoms with Gasteiger partial charge in [-0.15, -0.1) is 0 Å². The molecular weight excluding hydrogens is 469 g/mol. The molecule has 28 heavy (non-hydrogen) atoms. The zero-order chi connectivity index (χ0) is 19.9. The Labute approximate surface area is 177 Å². The second-order valence-electron chi connectivity index (χ2n) is 6.09. The van der Waals surface area contributed by atoms with Crippen LogP contribution in [0.1, 0.15) is 28.7 Å². The van der Waals surface area contributed by atoms with Crippen LogP contribution in [0.5, 0.6) is 0 Å². The highest BCUT2D eigenvalue weighted by molar-refractivity contribution is 14.1. The van der Waals surface area contributed by atoms with Gasteiger partial charge in [0.15, 0.2) is 0 Å². The summed E-state index contributed by atoms with van der Waals surface area (Å²) in [5.41, 5.74) is 3.24. The molecule has 0 aliphatic rings. The van der Waals surface area contributed by atoms with Crippen molar-refractivity contribution in [2.45, 2.75) is 20.0 Å². The molecule has 0 saturated heterocycles. The molecular formula is C21H22IN3O3. The van der Waals surface area contributed by atoms with Crippen LogP contribution < -0.4 is 5.32 Å². The maximum absolute atomic E-state index is 13.2. The number of anilines is 1. The predicted octanol–water partition coefficient (Wildman–Crippen LogP) is 3.80. The molecule has 2 aromatic carbocycles. The molecule has 0 aliphatic carbocycles. The zero-order valence-electron chi connectivity index (χ0n) is 15.6. The first-order valence-electron chi connectivity index (χ1n) is 9.05. The van der Waals surface area contributed by atoms with Crippen LogP contribution in [0, 0.1) is 3.57 Å². The predicted molar refractivity (Wildman–Crippen MR) is 117 cm³/mol. The van der Waals surface area contributed by atoms with Crippen molar-refractivity contribution in [3.63, 3.8) is 0 Å². The standard InChI is InChI=1S/C21H22IN3O3/c1-2-28-14-19-18(12-13-26)20(25(24-19)17-6-4-3-5-7-17)21(27)23-16-10-8-15(22)9-11-16/h3-11,26H,2,12-14H2,1H3,(H,23,27). The average Bonchev–Trinajstić information content (AvgIpc) is 3.07. The summed E-state index contributed by atoms with van der Waals surface area (Å²) >= 11 is 2.22. The average molecular weight is 491 g/mol. The van der Waals surface area contributed by atoms with Gasteiger partial charge >= 0.3 is 0 Å². The molecule has 1 aromatic heterocycles. The van der Waals surface area contributed by atoms with Gasteiger partial charge in [-0.1, -0.05) is 18.2 Å². The van der Waals surface area contributed by atoms with Gasteiger partial charge in [0, 0.05) is 28.0 Å². The van der Waals surface area contributed by atoms with E-state index in [-0.39, 0.29) is 19.1 Å². The van der Waals surface area contributed by atoms with Crippen LogP contribution >= 0.6 is 22.6 Å². The summed E-state index contributed by atoms with van der Waals surface area (Å²) in [7, 11) is 0. The molecule has 146 valence electrons. The van der Waals surface area contributed by atoms with Crippen molar-refractivity contribution in [2.24, 2.45) is 0 Å². The maximum atomic E-state index is 13.2. The fourth-order valence-corrected chi connectivity index (χ4v) is 3.26. The molecule has 0 fully saturated rings. The number of nitrogens with zero attached hydrogens (tertiary/aromatic N) is 2. The third-order valence-corrected chi connectivity index (χ3v) is 4.91. The molecule has 1 amide bonds. The molecule has 0 atom stereocenters. The molecule has 3 aromatic rings. The van der Waals surface area contributed by atoms with E-state index in [1.165, 1.54) is 0 Å². The number of halogens is 1. The first kappa shape index (κ1) is 20.5. The molecule has 0 bridgehead atoms. The topological polar surface area (TPSA) is 76.4 Å². The number of para-hydroxylation sites is 1. The Bertz CT molecular complexity index is 924. The van der Waals surface area contributed by atoms with E-state index in [1.54, 1.807) is 4.68 Å². The van der Waals surface area contributed by atoms with Crippen LogP contribution in [-0.2, 0) is 17.8 Å². The van der Waals surface area contributed by atoms with Gasteiger partial charge in [-0.05, 0) is 72.3 Å². The van der Waals surface area contributed by atoms with Crippen LogP contribution in [0.15, 0.2) is 54.6 Å². The van der Waals surface area contributed by atoms with Gasteiger partial charge in [-0.25, -0.2) is 4.68 Å².